The van der Waals surface area contributed by atoms with Gasteiger partial charge < -0.3 is 16.0 Å². The molecule has 0 aliphatic heterocycles. The normalized spacial score (nSPS) is 10.4. The van der Waals surface area contributed by atoms with E-state index >= 15 is 0 Å². The Labute approximate surface area is 374 Å². The zero-order valence-electron chi connectivity index (χ0n) is 34.5. The highest BCUT2D eigenvalue weighted by molar-refractivity contribution is 6.34. The first kappa shape index (κ1) is 44.2. The van der Waals surface area contributed by atoms with Crippen LogP contribution in [0.3, 0.4) is 0 Å². The number of tetrazole rings is 3. The molecular formula is C45H37ClFN15O3. The fraction of sp³-hybridized carbons (Fsp3) is 0.0667. The number of rotatable bonds is 10. The minimum absolute atomic E-state index is 0.112. The van der Waals surface area contributed by atoms with Gasteiger partial charge in [0.1, 0.15) is 5.82 Å². The van der Waals surface area contributed by atoms with E-state index in [2.05, 4.69) is 77.8 Å². The van der Waals surface area contributed by atoms with E-state index in [4.69, 9.17) is 11.6 Å². The number of anilines is 2. The second-order valence-corrected chi connectivity index (χ2v) is 14.4. The van der Waals surface area contributed by atoms with Gasteiger partial charge in [-0.15, -0.1) is 30.6 Å². The Morgan fingerprint density at radius 3 is 1.35 bits per heavy atom. The number of H-pyrrole nitrogens is 3. The van der Waals surface area contributed by atoms with Gasteiger partial charge in [0.15, 0.2) is 0 Å². The van der Waals surface area contributed by atoms with E-state index in [1.54, 1.807) is 97.9 Å². The number of carbonyl (C=O) groups excluding carboxylic acids is 3. The molecule has 9 rings (SSSR count). The maximum Gasteiger partial charge on any atom is 0.255 e. The Bertz CT molecular complexity index is 2820. The molecule has 65 heavy (non-hydrogen) atoms. The lowest BCUT2D eigenvalue weighted by Gasteiger charge is -2.08. The number of carbonyl (C=O) groups is 3. The number of nitrogens with one attached hydrogen (secondary N) is 6. The van der Waals surface area contributed by atoms with E-state index in [0.29, 0.717) is 51.4 Å². The first-order chi connectivity index (χ1) is 31.6. The highest BCUT2D eigenvalue weighted by Crippen LogP contribution is 2.24. The van der Waals surface area contributed by atoms with Gasteiger partial charge in [-0.1, -0.05) is 90.5 Å². The highest BCUT2D eigenvalue weighted by atomic mass is 35.5. The summed E-state index contributed by atoms with van der Waals surface area (Å²) in [6.07, 6.45) is 0. The number of amides is 3. The van der Waals surface area contributed by atoms with Crippen molar-refractivity contribution < 1.29 is 18.8 Å². The Balaban J connectivity index is 0.000000145. The molecule has 3 amide bonds. The molecule has 324 valence electrons. The number of nitrogens with zero attached hydrogens (tertiary/aromatic N) is 9. The summed E-state index contributed by atoms with van der Waals surface area (Å²) in [6.45, 7) is 4.23. The van der Waals surface area contributed by atoms with Gasteiger partial charge in [-0.3, -0.25) is 14.4 Å². The summed E-state index contributed by atoms with van der Waals surface area (Å²) in [7, 11) is 0. The molecule has 0 radical (unpaired) electrons. The first-order valence-electron chi connectivity index (χ1n) is 19.6. The third-order valence-electron chi connectivity index (χ3n) is 9.29. The van der Waals surface area contributed by atoms with Crippen molar-refractivity contribution in [1.29, 1.82) is 0 Å². The van der Waals surface area contributed by atoms with Crippen molar-refractivity contribution in [1.82, 2.24) is 67.2 Å². The third kappa shape index (κ3) is 12.2. The number of aromatic amines is 3. The number of benzene rings is 6. The number of aryl methyl sites for hydroxylation is 2. The molecular weight excluding hydrogens is 853 g/mol. The van der Waals surface area contributed by atoms with Crippen molar-refractivity contribution in [3.05, 3.63) is 184 Å². The van der Waals surface area contributed by atoms with Crippen molar-refractivity contribution in [2.45, 2.75) is 20.4 Å². The van der Waals surface area contributed by atoms with Crippen LogP contribution >= 0.6 is 11.6 Å². The monoisotopic (exact) mass is 889 g/mol. The maximum absolute atomic E-state index is 13.7. The Kier molecular flexibility index (Phi) is 14.5. The molecule has 0 unspecified atom stereocenters. The lowest BCUT2D eigenvalue weighted by molar-refractivity contribution is 0.0949. The standard InChI is InChI=1S/C15H12ClN5O.C15H12FN5O.C15H13N5O/c2*1-9-2-7-13(12(16)8-9)17-15(22)11-5-3-10(4-6-11)14-18-20-21-19-14;21-15(16-10-11-4-2-1-3-5-11)13-8-6-12(7-9-13)14-17-19-20-18-14/h2*2-8H,1H3,(H,17,22)(H,18,19,20,21);1-9H,10H2,(H,16,21)(H,17,18,19,20). The van der Waals surface area contributed by atoms with Crippen LogP contribution in [0.15, 0.2) is 140 Å². The second-order valence-electron chi connectivity index (χ2n) is 14.0. The zero-order chi connectivity index (χ0) is 45.5. The van der Waals surface area contributed by atoms with E-state index < -0.39 is 5.82 Å². The Morgan fingerprint density at radius 1 is 0.523 bits per heavy atom. The molecule has 0 aliphatic carbocycles. The Morgan fingerprint density at radius 2 is 0.938 bits per heavy atom. The van der Waals surface area contributed by atoms with Gasteiger partial charge in [-0.05, 0) is 107 Å². The minimum atomic E-state index is -0.461. The summed E-state index contributed by atoms with van der Waals surface area (Å²) < 4.78 is 13.7. The Hall–Kier alpha value is -8.84. The number of aromatic nitrogens is 12. The molecule has 0 saturated heterocycles. The van der Waals surface area contributed by atoms with E-state index in [9.17, 15) is 18.8 Å². The molecule has 0 fully saturated rings. The van der Waals surface area contributed by atoms with Crippen molar-refractivity contribution in [2.75, 3.05) is 10.6 Å². The maximum atomic E-state index is 13.7. The summed E-state index contributed by atoms with van der Waals surface area (Å²) in [5.74, 6) is 0.236. The predicted octanol–water partition coefficient (Wildman–Crippen LogP) is 7.44. The van der Waals surface area contributed by atoms with Crippen molar-refractivity contribution in [2.24, 2.45) is 0 Å². The van der Waals surface area contributed by atoms with Gasteiger partial charge in [0.25, 0.3) is 17.7 Å². The molecule has 3 heterocycles. The fourth-order valence-corrected chi connectivity index (χ4v) is 6.16. The van der Waals surface area contributed by atoms with Crippen LogP contribution in [-0.2, 0) is 6.54 Å². The minimum Gasteiger partial charge on any atom is -0.348 e. The fourth-order valence-electron chi connectivity index (χ4n) is 5.88. The topological polar surface area (TPSA) is 251 Å². The highest BCUT2D eigenvalue weighted by Gasteiger charge is 2.13. The SMILES string of the molecule is Cc1ccc(NC(=O)c2ccc(-c3nn[nH]n3)cc2)c(Cl)c1.Cc1ccc(NC(=O)c2ccc(-c3nn[nH]n3)cc2)c(F)c1.O=C(NCc1ccccc1)c1ccc(-c2nn[nH]n2)cc1. The molecule has 0 aliphatic rings. The summed E-state index contributed by atoms with van der Waals surface area (Å²) in [4.78, 5) is 36.4. The predicted molar refractivity (Wildman–Crippen MR) is 240 cm³/mol. The lowest BCUT2D eigenvalue weighted by Crippen LogP contribution is -2.22. The summed E-state index contributed by atoms with van der Waals surface area (Å²) in [6, 6.07) is 40.5. The first-order valence-corrected chi connectivity index (χ1v) is 20.0. The average Bonchev–Trinajstić information content (AvgIpc) is 4.17. The molecule has 6 N–H and O–H groups in total. The van der Waals surface area contributed by atoms with Crippen LogP contribution in [-0.4, -0.2) is 79.6 Å². The van der Waals surface area contributed by atoms with Gasteiger partial charge in [0.05, 0.1) is 16.4 Å². The van der Waals surface area contributed by atoms with Crippen molar-refractivity contribution >= 4 is 40.7 Å². The van der Waals surface area contributed by atoms with Gasteiger partial charge in [-0.25, -0.2) is 4.39 Å². The molecule has 0 saturated carbocycles. The van der Waals surface area contributed by atoms with Crippen molar-refractivity contribution in [3.8, 4) is 34.2 Å². The van der Waals surface area contributed by atoms with Gasteiger partial charge >= 0.3 is 0 Å². The quantitative estimate of drug-likeness (QED) is 0.0784. The lowest BCUT2D eigenvalue weighted by atomic mass is 10.1. The van der Waals surface area contributed by atoms with Crippen LogP contribution in [0.1, 0.15) is 47.8 Å². The number of hydrogen-bond donors (Lipinski definition) is 6. The van der Waals surface area contributed by atoms with Crippen LogP contribution in [0.4, 0.5) is 15.8 Å². The molecule has 0 atom stereocenters. The van der Waals surface area contributed by atoms with E-state index in [-0.39, 0.29) is 23.4 Å². The molecule has 18 nitrogen and oxygen atoms in total. The van der Waals surface area contributed by atoms with E-state index in [1.807, 2.05) is 43.3 Å². The van der Waals surface area contributed by atoms with Crippen LogP contribution < -0.4 is 16.0 Å². The van der Waals surface area contributed by atoms with Crippen LogP contribution in [0, 0.1) is 19.7 Å². The molecule has 0 bridgehead atoms. The van der Waals surface area contributed by atoms with E-state index in [1.165, 1.54) is 12.1 Å². The molecule has 20 heteroatoms. The summed E-state index contributed by atoms with van der Waals surface area (Å²) >= 11 is 6.11. The second kappa shape index (κ2) is 21.3. The van der Waals surface area contributed by atoms with Crippen LogP contribution in [0.2, 0.25) is 5.02 Å². The number of hydrogen-bond acceptors (Lipinski definition) is 12. The summed E-state index contributed by atoms with van der Waals surface area (Å²) in [5.41, 5.74) is 7.46. The van der Waals surface area contributed by atoms with Crippen LogP contribution in [0.25, 0.3) is 34.2 Å². The molecule has 0 spiro atoms. The smallest absolute Gasteiger partial charge is 0.255 e. The third-order valence-corrected chi connectivity index (χ3v) is 9.61. The van der Waals surface area contributed by atoms with Crippen LogP contribution in [0.5, 0.6) is 0 Å². The van der Waals surface area contributed by atoms with Gasteiger partial charge in [0, 0.05) is 39.9 Å². The van der Waals surface area contributed by atoms with E-state index in [0.717, 1.165) is 33.4 Å². The largest absolute Gasteiger partial charge is 0.348 e. The molecule has 9 aromatic rings. The van der Waals surface area contributed by atoms with Gasteiger partial charge in [0.2, 0.25) is 17.5 Å². The number of halogens is 2. The average molecular weight is 890 g/mol. The zero-order valence-corrected chi connectivity index (χ0v) is 35.2. The van der Waals surface area contributed by atoms with Gasteiger partial charge in [-0.2, -0.15) is 15.6 Å². The molecule has 6 aromatic carbocycles. The molecule has 3 aromatic heterocycles. The van der Waals surface area contributed by atoms with Crippen molar-refractivity contribution in [3.63, 3.8) is 0 Å². The summed E-state index contributed by atoms with van der Waals surface area (Å²) in [5, 5.41) is 49.6.